The Morgan fingerprint density at radius 3 is 2.84 bits per heavy atom. The first kappa shape index (κ1) is 12.4. The number of H-pyrrole nitrogens is 1. The molecule has 2 heterocycles. The molecule has 1 N–H and O–H groups in total. The van der Waals surface area contributed by atoms with Gasteiger partial charge in [0.25, 0.3) is 0 Å². The second kappa shape index (κ2) is 4.20. The van der Waals surface area contributed by atoms with E-state index in [4.69, 9.17) is 4.74 Å². The number of hydrogen-bond acceptors (Lipinski definition) is 4. The Bertz CT molecular complexity index is 626. The smallest absolute Gasteiger partial charge is 0.185 e. The molecule has 0 fully saturated rings. The molecule has 0 atom stereocenters. The van der Waals surface area contributed by atoms with Crippen molar-refractivity contribution in [3.05, 3.63) is 23.4 Å². The van der Waals surface area contributed by atoms with Gasteiger partial charge >= 0.3 is 0 Å². The number of thiophene rings is 1. The molecule has 4 nitrogen and oxygen atoms in total. The fourth-order valence-corrected chi connectivity index (χ4v) is 3.82. The van der Waals surface area contributed by atoms with Crippen LogP contribution in [0.1, 0.15) is 36.2 Å². The molecule has 0 unspecified atom stereocenters. The number of fused-ring (bicyclic) bond motifs is 1. The molecule has 0 radical (unpaired) electrons. The Hall–Kier alpha value is -1.62. The van der Waals surface area contributed by atoms with Crippen LogP contribution in [0.25, 0.3) is 10.6 Å². The number of nitrogens with one attached hydrogen (secondary N) is 1. The number of ketones is 1. The summed E-state index contributed by atoms with van der Waals surface area (Å²) in [5.74, 6) is 0.182. The van der Waals surface area contributed by atoms with Gasteiger partial charge in [-0.15, -0.1) is 0 Å². The molecule has 0 spiro atoms. The van der Waals surface area contributed by atoms with Crippen molar-refractivity contribution in [2.75, 3.05) is 7.11 Å². The number of rotatable bonds is 2. The zero-order valence-corrected chi connectivity index (χ0v) is 12.1. The molecule has 0 saturated carbocycles. The maximum absolute atomic E-state index is 12.4. The van der Waals surface area contributed by atoms with Gasteiger partial charge in [-0.1, -0.05) is 25.2 Å². The van der Waals surface area contributed by atoms with Crippen molar-refractivity contribution < 1.29 is 9.53 Å². The largest absolute Gasteiger partial charge is 0.487 e. The first-order valence-corrected chi connectivity index (χ1v) is 7.06. The molecule has 1 aliphatic carbocycles. The van der Waals surface area contributed by atoms with Gasteiger partial charge in [-0.2, -0.15) is 5.10 Å². The maximum Gasteiger partial charge on any atom is 0.185 e. The van der Waals surface area contributed by atoms with Crippen LogP contribution in [0.3, 0.4) is 0 Å². The fraction of sp³-hybridized carbons (Fsp3) is 0.429. The van der Waals surface area contributed by atoms with E-state index in [9.17, 15) is 4.79 Å². The minimum Gasteiger partial charge on any atom is -0.487 e. The summed E-state index contributed by atoms with van der Waals surface area (Å²) in [4.78, 5) is 13.4. The van der Waals surface area contributed by atoms with Crippen molar-refractivity contribution in [1.82, 2.24) is 10.2 Å². The summed E-state index contributed by atoms with van der Waals surface area (Å²) in [6.07, 6.45) is 3.26. The average Bonchev–Trinajstić information content (AvgIpc) is 2.93. The molecule has 3 rings (SSSR count). The highest BCUT2D eigenvalue weighted by atomic mass is 32.1. The summed E-state index contributed by atoms with van der Waals surface area (Å²) in [6.45, 7) is 4.26. The first-order valence-electron chi connectivity index (χ1n) is 6.25. The Balaban J connectivity index is 2.21. The van der Waals surface area contributed by atoms with Gasteiger partial charge in [-0.25, -0.2) is 0 Å². The third-order valence-electron chi connectivity index (χ3n) is 3.47. The van der Waals surface area contributed by atoms with Gasteiger partial charge in [0, 0.05) is 12.6 Å². The molecule has 1 aliphatic rings. The standard InChI is InChI=1S/C14H16N2O2S/c1-14(2)6-8-11(10(17)7-14)13(18-3)19-12(8)9-4-5-15-16-9/h4-5H,6-7H2,1-3H3,(H,15,16). The lowest BCUT2D eigenvalue weighted by Gasteiger charge is -2.29. The van der Waals surface area contributed by atoms with Crippen molar-refractivity contribution >= 4 is 17.1 Å². The number of carbonyl (C=O) groups excluding carboxylic acids is 1. The number of Topliss-reactive ketones (excluding diaryl/α,β-unsaturated/α-hetero) is 1. The molecule has 100 valence electrons. The van der Waals surface area contributed by atoms with Crippen molar-refractivity contribution in [3.8, 4) is 15.6 Å². The third-order valence-corrected chi connectivity index (χ3v) is 4.68. The molecule has 0 saturated heterocycles. The summed E-state index contributed by atoms with van der Waals surface area (Å²) >= 11 is 1.51. The summed E-state index contributed by atoms with van der Waals surface area (Å²) in [6, 6.07) is 1.93. The quantitative estimate of drug-likeness (QED) is 0.915. The molecule has 2 aromatic heterocycles. The van der Waals surface area contributed by atoms with Gasteiger partial charge in [0.1, 0.15) is 5.69 Å². The zero-order chi connectivity index (χ0) is 13.6. The van der Waals surface area contributed by atoms with Crippen molar-refractivity contribution in [2.45, 2.75) is 26.7 Å². The molecule has 0 aliphatic heterocycles. The van der Waals surface area contributed by atoms with E-state index in [0.717, 1.165) is 28.1 Å². The number of hydrogen-bond donors (Lipinski definition) is 1. The fourth-order valence-electron chi connectivity index (χ4n) is 2.69. The lowest BCUT2D eigenvalue weighted by Crippen LogP contribution is -2.26. The molecule has 19 heavy (non-hydrogen) atoms. The normalized spacial score (nSPS) is 17.3. The monoisotopic (exact) mass is 276 g/mol. The number of aromatic nitrogens is 2. The molecular formula is C14H16N2O2S. The summed E-state index contributed by atoms with van der Waals surface area (Å²) in [7, 11) is 1.62. The summed E-state index contributed by atoms with van der Waals surface area (Å²) in [5, 5.41) is 7.77. The predicted molar refractivity (Wildman–Crippen MR) is 74.9 cm³/mol. The molecular weight excluding hydrogens is 260 g/mol. The van der Waals surface area contributed by atoms with Crippen LogP contribution in [0.5, 0.6) is 5.06 Å². The van der Waals surface area contributed by atoms with Crippen LogP contribution >= 0.6 is 11.3 Å². The summed E-state index contributed by atoms with van der Waals surface area (Å²) < 4.78 is 5.39. The highest BCUT2D eigenvalue weighted by Gasteiger charge is 2.37. The van der Waals surface area contributed by atoms with Crippen molar-refractivity contribution in [3.63, 3.8) is 0 Å². The highest BCUT2D eigenvalue weighted by Crippen LogP contribution is 2.48. The van der Waals surface area contributed by atoms with Gasteiger partial charge < -0.3 is 4.74 Å². The van der Waals surface area contributed by atoms with Crippen molar-refractivity contribution in [2.24, 2.45) is 5.41 Å². The molecule has 0 aromatic carbocycles. The first-order chi connectivity index (χ1) is 9.02. The van der Waals surface area contributed by atoms with E-state index in [1.807, 2.05) is 6.07 Å². The third kappa shape index (κ3) is 1.98. The van der Waals surface area contributed by atoms with Crippen LogP contribution in [-0.2, 0) is 6.42 Å². The lowest BCUT2D eigenvalue weighted by molar-refractivity contribution is 0.0910. The van der Waals surface area contributed by atoms with E-state index in [0.29, 0.717) is 11.5 Å². The number of methoxy groups -OCH3 is 1. The van der Waals surface area contributed by atoms with Crippen LogP contribution in [0.15, 0.2) is 12.3 Å². The lowest BCUT2D eigenvalue weighted by atomic mass is 9.74. The van der Waals surface area contributed by atoms with Crippen LogP contribution in [0.2, 0.25) is 0 Å². The summed E-state index contributed by atoms with van der Waals surface area (Å²) in [5.41, 5.74) is 2.75. The van der Waals surface area contributed by atoms with E-state index in [-0.39, 0.29) is 11.2 Å². The minimum atomic E-state index is 0.00122. The van der Waals surface area contributed by atoms with Gasteiger partial charge in [0.15, 0.2) is 10.8 Å². The molecule has 0 bridgehead atoms. The van der Waals surface area contributed by atoms with Crippen LogP contribution in [0, 0.1) is 5.41 Å². The highest BCUT2D eigenvalue weighted by molar-refractivity contribution is 7.17. The minimum absolute atomic E-state index is 0.00122. The van der Waals surface area contributed by atoms with E-state index in [1.165, 1.54) is 11.3 Å². The predicted octanol–water partition coefficient (Wildman–Crippen LogP) is 3.30. The number of nitrogens with zero attached hydrogens (tertiary/aromatic N) is 1. The van der Waals surface area contributed by atoms with Crippen LogP contribution < -0.4 is 4.74 Å². The van der Waals surface area contributed by atoms with E-state index < -0.39 is 0 Å². The van der Waals surface area contributed by atoms with Gasteiger partial charge in [-0.3, -0.25) is 9.89 Å². The van der Waals surface area contributed by atoms with Gasteiger partial charge in [-0.05, 0) is 23.5 Å². The number of aromatic amines is 1. The van der Waals surface area contributed by atoms with Gasteiger partial charge in [0.05, 0.1) is 17.6 Å². The van der Waals surface area contributed by atoms with E-state index >= 15 is 0 Å². The SMILES string of the molecule is COc1sc(-c2cc[nH]n2)c2c1C(=O)CC(C)(C)C2. The Labute approximate surface area is 115 Å². The van der Waals surface area contributed by atoms with Crippen molar-refractivity contribution in [1.29, 1.82) is 0 Å². The second-order valence-electron chi connectivity index (χ2n) is 5.68. The number of carbonyl (C=O) groups is 1. The molecule has 0 amide bonds. The van der Waals surface area contributed by atoms with E-state index in [1.54, 1.807) is 13.3 Å². The van der Waals surface area contributed by atoms with Gasteiger partial charge in [0.2, 0.25) is 0 Å². The maximum atomic E-state index is 12.4. The molecule has 5 heteroatoms. The second-order valence-corrected chi connectivity index (χ2v) is 6.66. The molecule has 2 aromatic rings. The Kier molecular flexibility index (Phi) is 2.74. The Morgan fingerprint density at radius 1 is 1.42 bits per heavy atom. The van der Waals surface area contributed by atoms with Crippen LogP contribution in [0.4, 0.5) is 0 Å². The Morgan fingerprint density at radius 2 is 2.21 bits per heavy atom. The zero-order valence-electron chi connectivity index (χ0n) is 11.2. The average molecular weight is 276 g/mol. The van der Waals surface area contributed by atoms with Crippen LogP contribution in [-0.4, -0.2) is 23.1 Å². The number of ether oxygens (including phenoxy) is 1. The van der Waals surface area contributed by atoms with E-state index in [2.05, 4.69) is 24.0 Å². The topological polar surface area (TPSA) is 55.0 Å².